The van der Waals surface area contributed by atoms with Crippen LogP contribution in [0.1, 0.15) is 17.5 Å². The van der Waals surface area contributed by atoms with Crippen LogP contribution in [0.3, 0.4) is 0 Å². The number of anilines is 1. The number of nitrogens with one attached hydrogen (secondary N) is 2. The molecule has 124 valence electrons. The molecule has 0 saturated heterocycles. The van der Waals surface area contributed by atoms with Crippen molar-refractivity contribution in [1.82, 2.24) is 5.43 Å². The average molecular weight is 325 g/mol. The van der Waals surface area contributed by atoms with E-state index in [4.69, 9.17) is 4.74 Å². The van der Waals surface area contributed by atoms with Gasteiger partial charge in [0.15, 0.2) is 0 Å². The van der Waals surface area contributed by atoms with Crippen LogP contribution >= 0.6 is 0 Å². The number of carbonyl (C=O) groups is 2. The van der Waals surface area contributed by atoms with Gasteiger partial charge in [-0.25, -0.2) is 5.43 Å². The minimum Gasteiger partial charge on any atom is -0.497 e. The molecule has 0 radical (unpaired) electrons. The first-order valence-corrected chi connectivity index (χ1v) is 7.39. The predicted octanol–water partition coefficient (Wildman–Crippen LogP) is 2.48. The maximum Gasteiger partial charge on any atom is 0.249 e. The molecule has 24 heavy (non-hydrogen) atoms. The van der Waals surface area contributed by atoms with Crippen LogP contribution in [0.25, 0.3) is 0 Å². The van der Waals surface area contributed by atoms with E-state index in [1.54, 1.807) is 43.5 Å². The zero-order valence-electron chi connectivity index (χ0n) is 13.6. The van der Waals surface area contributed by atoms with Crippen LogP contribution in [0.15, 0.2) is 53.6 Å². The van der Waals surface area contributed by atoms with Gasteiger partial charge in [0.2, 0.25) is 11.8 Å². The van der Waals surface area contributed by atoms with Crippen LogP contribution in [0.4, 0.5) is 5.69 Å². The summed E-state index contributed by atoms with van der Waals surface area (Å²) in [7, 11) is 1.59. The van der Waals surface area contributed by atoms with E-state index < -0.39 is 11.8 Å². The van der Waals surface area contributed by atoms with E-state index in [-0.39, 0.29) is 6.42 Å². The van der Waals surface area contributed by atoms with Gasteiger partial charge in [-0.1, -0.05) is 17.7 Å². The lowest BCUT2D eigenvalue weighted by molar-refractivity contribution is -0.126. The van der Waals surface area contributed by atoms with Crippen LogP contribution in [-0.4, -0.2) is 25.1 Å². The quantitative estimate of drug-likeness (QED) is 0.486. The minimum atomic E-state index is -0.482. The normalized spacial score (nSPS) is 10.4. The number of amides is 2. The van der Waals surface area contributed by atoms with Crippen molar-refractivity contribution < 1.29 is 14.3 Å². The van der Waals surface area contributed by atoms with E-state index in [1.165, 1.54) is 6.21 Å². The molecule has 0 aromatic heterocycles. The van der Waals surface area contributed by atoms with Crippen LogP contribution in [-0.2, 0) is 9.59 Å². The molecule has 0 fully saturated rings. The van der Waals surface area contributed by atoms with E-state index in [9.17, 15) is 9.59 Å². The molecule has 0 spiro atoms. The summed E-state index contributed by atoms with van der Waals surface area (Å²) in [6, 6.07) is 14.5. The van der Waals surface area contributed by atoms with Crippen molar-refractivity contribution in [3.63, 3.8) is 0 Å². The van der Waals surface area contributed by atoms with E-state index in [0.29, 0.717) is 5.69 Å². The van der Waals surface area contributed by atoms with Crippen LogP contribution in [0.2, 0.25) is 0 Å². The zero-order chi connectivity index (χ0) is 17.4. The van der Waals surface area contributed by atoms with Gasteiger partial charge >= 0.3 is 0 Å². The van der Waals surface area contributed by atoms with Crippen molar-refractivity contribution in [1.29, 1.82) is 0 Å². The van der Waals surface area contributed by atoms with Gasteiger partial charge in [-0.15, -0.1) is 0 Å². The number of methoxy groups -OCH3 is 1. The molecule has 0 aliphatic carbocycles. The summed E-state index contributed by atoms with van der Waals surface area (Å²) in [5.74, 6) is -0.135. The highest BCUT2D eigenvalue weighted by Gasteiger charge is 2.08. The van der Waals surface area contributed by atoms with Gasteiger partial charge in [-0.2, -0.15) is 5.10 Å². The fraction of sp³-hybridized carbons (Fsp3) is 0.167. The van der Waals surface area contributed by atoms with Gasteiger partial charge in [0.05, 0.1) is 13.3 Å². The first kappa shape index (κ1) is 17.2. The third-order valence-corrected chi connectivity index (χ3v) is 3.18. The number of hydrogen-bond acceptors (Lipinski definition) is 4. The number of hydrogen-bond donors (Lipinski definition) is 2. The zero-order valence-corrected chi connectivity index (χ0v) is 13.6. The Balaban J connectivity index is 1.78. The topological polar surface area (TPSA) is 79.8 Å². The number of rotatable bonds is 6. The van der Waals surface area contributed by atoms with Gasteiger partial charge in [-0.3, -0.25) is 9.59 Å². The lowest BCUT2D eigenvalue weighted by Crippen LogP contribution is -2.24. The Kier molecular flexibility index (Phi) is 6.08. The molecule has 0 saturated carbocycles. The molecular formula is C18H19N3O3. The Morgan fingerprint density at radius 3 is 2.33 bits per heavy atom. The van der Waals surface area contributed by atoms with Crippen LogP contribution in [0, 0.1) is 6.92 Å². The highest BCUT2D eigenvalue weighted by atomic mass is 16.5. The van der Waals surface area contributed by atoms with Crippen molar-refractivity contribution in [3.05, 3.63) is 59.7 Å². The lowest BCUT2D eigenvalue weighted by atomic mass is 10.2. The molecule has 0 bridgehead atoms. The third kappa shape index (κ3) is 5.57. The molecule has 6 nitrogen and oxygen atoms in total. The van der Waals surface area contributed by atoms with Crippen molar-refractivity contribution >= 4 is 23.7 Å². The molecule has 2 aromatic rings. The number of hydrazone groups is 1. The monoisotopic (exact) mass is 325 g/mol. The average Bonchev–Trinajstić information content (AvgIpc) is 2.57. The summed E-state index contributed by atoms with van der Waals surface area (Å²) in [6.07, 6.45) is 1.20. The molecule has 2 rings (SSSR count). The van der Waals surface area contributed by atoms with Crippen molar-refractivity contribution in [2.45, 2.75) is 13.3 Å². The maximum atomic E-state index is 11.8. The SMILES string of the molecule is COc1ccc(C=NNC(=O)CC(=O)Nc2ccc(C)cc2)cc1. The fourth-order valence-corrected chi connectivity index (χ4v) is 1.90. The van der Waals surface area contributed by atoms with E-state index >= 15 is 0 Å². The first-order valence-electron chi connectivity index (χ1n) is 7.39. The largest absolute Gasteiger partial charge is 0.497 e. The summed E-state index contributed by atoms with van der Waals surface area (Å²) in [4.78, 5) is 23.5. The number of carbonyl (C=O) groups excluding carboxylic acids is 2. The lowest BCUT2D eigenvalue weighted by Gasteiger charge is -2.04. The number of nitrogens with zero attached hydrogens (tertiary/aromatic N) is 1. The molecule has 0 aliphatic rings. The molecule has 0 aliphatic heterocycles. The fourth-order valence-electron chi connectivity index (χ4n) is 1.90. The van der Waals surface area contributed by atoms with Crippen molar-refractivity contribution in [3.8, 4) is 5.75 Å². The number of benzene rings is 2. The van der Waals surface area contributed by atoms with Gasteiger partial charge in [-0.05, 0) is 48.9 Å². The van der Waals surface area contributed by atoms with Gasteiger partial charge in [0, 0.05) is 5.69 Å². The smallest absolute Gasteiger partial charge is 0.249 e. The highest BCUT2D eigenvalue weighted by Crippen LogP contribution is 2.10. The molecule has 0 atom stereocenters. The van der Waals surface area contributed by atoms with Crippen molar-refractivity contribution in [2.24, 2.45) is 5.10 Å². The molecule has 0 unspecified atom stereocenters. The summed E-state index contributed by atoms with van der Waals surface area (Å²) in [5.41, 5.74) is 4.88. The third-order valence-electron chi connectivity index (χ3n) is 3.18. The summed E-state index contributed by atoms with van der Waals surface area (Å²) in [5, 5.41) is 6.48. The second-order valence-electron chi connectivity index (χ2n) is 5.16. The Morgan fingerprint density at radius 2 is 1.71 bits per heavy atom. The highest BCUT2D eigenvalue weighted by molar-refractivity contribution is 6.03. The van der Waals surface area contributed by atoms with E-state index in [1.807, 2.05) is 19.1 Å². The molecule has 2 N–H and O–H groups in total. The molecule has 2 amide bonds. The summed E-state index contributed by atoms with van der Waals surface area (Å²) in [6.45, 7) is 1.96. The maximum absolute atomic E-state index is 11.8. The molecule has 2 aromatic carbocycles. The van der Waals surface area contributed by atoms with E-state index in [2.05, 4.69) is 15.8 Å². The Morgan fingerprint density at radius 1 is 1.04 bits per heavy atom. The first-order chi connectivity index (χ1) is 11.6. The van der Waals surface area contributed by atoms with E-state index in [0.717, 1.165) is 16.9 Å². The van der Waals surface area contributed by atoms with Crippen LogP contribution < -0.4 is 15.5 Å². The van der Waals surface area contributed by atoms with Gasteiger partial charge in [0.25, 0.3) is 0 Å². The van der Waals surface area contributed by atoms with Gasteiger partial charge in [0.1, 0.15) is 12.2 Å². The standard InChI is InChI=1S/C18H19N3O3/c1-13-3-7-15(8-4-13)20-17(22)11-18(23)21-19-12-14-5-9-16(24-2)10-6-14/h3-10,12H,11H2,1-2H3,(H,20,22)(H,21,23). The second-order valence-corrected chi connectivity index (χ2v) is 5.16. The molecule has 6 heteroatoms. The van der Waals surface area contributed by atoms with Crippen molar-refractivity contribution in [2.75, 3.05) is 12.4 Å². The Bertz CT molecular complexity index is 722. The second kappa shape index (κ2) is 8.47. The summed E-state index contributed by atoms with van der Waals surface area (Å²) < 4.78 is 5.05. The minimum absolute atomic E-state index is 0.298. The predicted molar refractivity (Wildman–Crippen MR) is 93.2 cm³/mol. The summed E-state index contributed by atoms with van der Waals surface area (Å²) >= 11 is 0. The Hall–Kier alpha value is -3.15. The number of ether oxygens (including phenoxy) is 1. The van der Waals surface area contributed by atoms with Gasteiger partial charge < -0.3 is 10.1 Å². The van der Waals surface area contributed by atoms with Crippen LogP contribution in [0.5, 0.6) is 5.75 Å². The Labute approximate surface area is 140 Å². The molecular weight excluding hydrogens is 306 g/mol. The number of aryl methyl sites for hydroxylation is 1. The molecule has 0 heterocycles.